The fraction of sp³-hybridized carbons (Fsp3) is 0.375. The predicted octanol–water partition coefficient (Wildman–Crippen LogP) is 5.45. The summed E-state index contributed by atoms with van der Waals surface area (Å²) >= 11 is 0. The molecule has 0 aliphatic rings. The van der Waals surface area contributed by atoms with E-state index in [9.17, 15) is 18.0 Å². The topological polar surface area (TPSA) is 86.8 Å². The lowest BCUT2D eigenvalue weighted by atomic mass is 10.1. The minimum Gasteiger partial charge on any atom is -0.352 e. The molecule has 0 aromatic heterocycles. The summed E-state index contributed by atoms with van der Waals surface area (Å²) in [6.07, 6.45) is 0.379. The van der Waals surface area contributed by atoms with Gasteiger partial charge in [0.15, 0.2) is 0 Å². The van der Waals surface area contributed by atoms with Crippen LogP contribution in [0.3, 0.4) is 0 Å². The van der Waals surface area contributed by atoms with Crippen molar-refractivity contribution in [3.63, 3.8) is 0 Å². The molecule has 0 bridgehead atoms. The van der Waals surface area contributed by atoms with E-state index in [1.165, 1.54) is 4.90 Å². The lowest BCUT2D eigenvalue weighted by molar-refractivity contribution is -0.140. The Balaban J connectivity index is 2.10. The van der Waals surface area contributed by atoms with Gasteiger partial charge in [0, 0.05) is 12.6 Å². The van der Waals surface area contributed by atoms with Gasteiger partial charge in [-0.3, -0.25) is 13.9 Å². The normalized spacial score (nSPS) is 12.2. The number of nitrogens with zero attached hydrogens (tertiary/aromatic N) is 2. The van der Waals surface area contributed by atoms with Crippen molar-refractivity contribution < 1.29 is 18.0 Å². The molecule has 0 aliphatic heterocycles. The monoisotopic (exact) mass is 563 g/mol. The first kappa shape index (κ1) is 30.9. The van der Waals surface area contributed by atoms with Crippen LogP contribution >= 0.6 is 0 Å². The minimum atomic E-state index is -4.10. The molecule has 7 nitrogen and oxygen atoms in total. The molecular formula is C32H41N3O4S. The molecule has 0 fully saturated rings. The first-order valence-electron chi connectivity index (χ1n) is 13.7. The van der Waals surface area contributed by atoms with Crippen molar-refractivity contribution in [2.45, 2.75) is 78.4 Å². The molecule has 0 aliphatic carbocycles. The average Bonchev–Trinajstić information content (AvgIpc) is 2.89. The first-order valence-corrected chi connectivity index (χ1v) is 15.1. The fourth-order valence-corrected chi connectivity index (χ4v) is 5.92. The maximum absolute atomic E-state index is 14.2. The van der Waals surface area contributed by atoms with E-state index in [1.807, 2.05) is 78.8 Å². The summed E-state index contributed by atoms with van der Waals surface area (Å²) in [6, 6.07) is 18.8. The van der Waals surface area contributed by atoms with Crippen LogP contribution in [-0.2, 0) is 26.2 Å². The highest BCUT2D eigenvalue weighted by Gasteiger charge is 2.34. The van der Waals surface area contributed by atoms with E-state index in [0.717, 1.165) is 32.1 Å². The molecular weight excluding hydrogens is 522 g/mol. The van der Waals surface area contributed by atoms with E-state index in [-0.39, 0.29) is 23.4 Å². The van der Waals surface area contributed by atoms with Gasteiger partial charge in [-0.25, -0.2) is 8.42 Å². The van der Waals surface area contributed by atoms with Crippen molar-refractivity contribution in [2.75, 3.05) is 10.8 Å². The third-order valence-corrected chi connectivity index (χ3v) is 8.87. The van der Waals surface area contributed by atoms with Crippen LogP contribution in [0.4, 0.5) is 5.69 Å². The van der Waals surface area contributed by atoms with Crippen LogP contribution < -0.4 is 9.62 Å². The number of benzene rings is 3. The van der Waals surface area contributed by atoms with Crippen LogP contribution in [0.1, 0.15) is 55.0 Å². The molecule has 1 N–H and O–H groups in total. The van der Waals surface area contributed by atoms with Crippen LogP contribution in [0.5, 0.6) is 0 Å². The highest BCUT2D eigenvalue weighted by molar-refractivity contribution is 7.92. The Kier molecular flexibility index (Phi) is 10.1. The number of nitrogens with one attached hydrogen (secondary N) is 1. The molecule has 0 saturated carbocycles. The number of aryl methyl sites for hydroxylation is 4. The fourth-order valence-electron chi connectivity index (χ4n) is 4.52. The van der Waals surface area contributed by atoms with E-state index in [0.29, 0.717) is 12.1 Å². The van der Waals surface area contributed by atoms with Gasteiger partial charge in [0.1, 0.15) is 12.6 Å². The molecule has 3 rings (SSSR count). The Morgan fingerprint density at radius 3 is 2.08 bits per heavy atom. The van der Waals surface area contributed by atoms with Gasteiger partial charge in [-0.05, 0) is 94.5 Å². The molecule has 3 aromatic rings. The number of hydrogen-bond acceptors (Lipinski definition) is 4. The molecule has 0 saturated heterocycles. The van der Waals surface area contributed by atoms with Gasteiger partial charge in [0.05, 0.1) is 10.6 Å². The Morgan fingerprint density at radius 1 is 0.850 bits per heavy atom. The summed E-state index contributed by atoms with van der Waals surface area (Å²) < 4.78 is 29.2. The van der Waals surface area contributed by atoms with E-state index in [1.54, 1.807) is 36.4 Å². The van der Waals surface area contributed by atoms with Crippen molar-refractivity contribution in [3.8, 4) is 0 Å². The minimum absolute atomic E-state index is 0.0965. The van der Waals surface area contributed by atoms with Crippen molar-refractivity contribution in [1.29, 1.82) is 0 Å². The summed E-state index contributed by atoms with van der Waals surface area (Å²) in [5, 5.41) is 2.92. The van der Waals surface area contributed by atoms with Gasteiger partial charge in [0.25, 0.3) is 10.0 Å². The molecule has 40 heavy (non-hydrogen) atoms. The van der Waals surface area contributed by atoms with Crippen LogP contribution in [0, 0.1) is 27.7 Å². The van der Waals surface area contributed by atoms with Crippen LogP contribution in [0.25, 0.3) is 0 Å². The van der Waals surface area contributed by atoms with E-state index in [2.05, 4.69) is 5.32 Å². The van der Waals surface area contributed by atoms with E-state index in [4.69, 9.17) is 0 Å². The molecule has 8 heteroatoms. The van der Waals surface area contributed by atoms with Crippen molar-refractivity contribution in [2.24, 2.45) is 0 Å². The number of hydrogen-bond donors (Lipinski definition) is 1. The molecule has 3 aromatic carbocycles. The number of rotatable bonds is 11. The van der Waals surface area contributed by atoms with E-state index >= 15 is 0 Å². The summed E-state index contributed by atoms with van der Waals surface area (Å²) in [5.74, 6) is -0.721. The maximum Gasteiger partial charge on any atom is 0.264 e. The van der Waals surface area contributed by atoms with Crippen molar-refractivity contribution >= 4 is 27.5 Å². The molecule has 0 radical (unpaired) electrons. The predicted molar refractivity (Wildman–Crippen MR) is 161 cm³/mol. The second-order valence-corrected chi connectivity index (χ2v) is 12.5. The van der Waals surface area contributed by atoms with Gasteiger partial charge in [-0.2, -0.15) is 0 Å². The Labute approximate surface area is 239 Å². The second kappa shape index (κ2) is 13.1. The smallest absolute Gasteiger partial charge is 0.264 e. The van der Waals surface area contributed by atoms with Gasteiger partial charge in [-0.15, -0.1) is 0 Å². The number of carbonyl (C=O) groups is 2. The van der Waals surface area contributed by atoms with Crippen molar-refractivity contribution in [3.05, 3.63) is 94.5 Å². The summed E-state index contributed by atoms with van der Waals surface area (Å²) in [5.41, 5.74) is 5.13. The largest absolute Gasteiger partial charge is 0.352 e. The summed E-state index contributed by atoms with van der Waals surface area (Å²) in [7, 11) is -4.10. The van der Waals surface area contributed by atoms with Crippen LogP contribution in [0.2, 0.25) is 0 Å². The molecule has 1 unspecified atom stereocenters. The molecule has 2 amide bonds. The van der Waals surface area contributed by atoms with Crippen LogP contribution in [-0.4, -0.2) is 43.8 Å². The van der Waals surface area contributed by atoms with Crippen molar-refractivity contribution in [1.82, 2.24) is 10.2 Å². The third kappa shape index (κ3) is 7.30. The van der Waals surface area contributed by atoms with Gasteiger partial charge < -0.3 is 10.2 Å². The van der Waals surface area contributed by atoms with Gasteiger partial charge in [0.2, 0.25) is 11.8 Å². The zero-order valence-electron chi connectivity index (χ0n) is 24.6. The molecule has 214 valence electrons. The number of amides is 2. The lowest BCUT2D eigenvalue weighted by Gasteiger charge is -2.34. The Hall–Kier alpha value is -3.65. The molecule has 1 atom stereocenters. The third-order valence-electron chi connectivity index (χ3n) is 7.09. The molecule has 0 spiro atoms. The quantitative estimate of drug-likeness (QED) is 0.336. The lowest BCUT2D eigenvalue weighted by Crippen LogP contribution is -2.53. The highest BCUT2D eigenvalue weighted by Crippen LogP contribution is 2.27. The SMILES string of the molecule is CCC(C(=O)NC(C)C)N(Cc1ccccc1C)C(=O)CN(c1ccc(C)c(C)c1)S(=O)(=O)c1ccc(C)cc1. The maximum atomic E-state index is 14.2. The number of anilines is 1. The zero-order valence-corrected chi connectivity index (χ0v) is 25.4. The number of carbonyl (C=O) groups excluding carboxylic acids is 2. The Morgan fingerprint density at radius 2 is 1.50 bits per heavy atom. The summed E-state index contributed by atoms with van der Waals surface area (Å²) in [4.78, 5) is 29.0. The van der Waals surface area contributed by atoms with Gasteiger partial charge in [-0.1, -0.05) is 55.0 Å². The summed E-state index contributed by atoms with van der Waals surface area (Å²) in [6.45, 7) is 13.0. The van der Waals surface area contributed by atoms with Crippen LogP contribution in [0.15, 0.2) is 71.6 Å². The highest BCUT2D eigenvalue weighted by atomic mass is 32.2. The van der Waals surface area contributed by atoms with Gasteiger partial charge >= 0.3 is 0 Å². The second-order valence-electron chi connectivity index (χ2n) is 10.6. The van der Waals surface area contributed by atoms with E-state index < -0.39 is 28.5 Å². The first-order chi connectivity index (χ1) is 18.8. The standard InChI is InChI=1S/C32H41N3O4S/c1-8-30(32(37)33-22(2)3)34(20-27-12-10-9-11-25(27)6)31(36)21-35(28-16-15-24(5)26(7)19-28)40(38,39)29-17-13-23(4)14-18-29/h9-19,22,30H,8,20-21H2,1-7H3,(H,33,37). The average molecular weight is 564 g/mol. The molecule has 0 heterocycles. The zero-order chi connectivity index (χ0) is 29.6. The Bertz CT molecular complexity index is 1450. The number of sulfonamides is 1.